The number of carbonyl (C=O) groups excluding carboxylic acids is 1. The second-order valence-electron chi connectivity index (χ2n) is 8.12. The zero-order chi connectivity index (χ0) is 25.1. The van der Waals surface area contributed by atoms with Gasteiger partial charge in [-0.05, 0) is 36.4 Å². The Morgan fingerprint density at radius 1 is 0.944 bits per heavy atom. The molecule has 3 aromatic carbocycles. The van der Waals surface area contributed by atoms with Crippen LogP contribution in [-0.2, 0) is 4.74 Å². The van der Waals surface area contributed by atoms with Crippen LogP contribution in [0, 0.1) is 0 Å². The van der Waals surface area contributed by atoms with Gasteiger partial charge in [-0.25, -0.2) is 0 Å². The van der Waals surface area contributed by atoms with Crippen LogP contribution in [-0.4, -0.2) is 52.9 Å². The van der Waals surface area contributed by atoms with Crippen LogP contribution >= 0.6 is 11.6 Å². The summed E-state index contributed by atoms with van der Waals surface area (Å²) in [4.78, 5) is 14.5. The third-order valence-electron chi connectivity index (χ3n) is 5.74. The number of carbonyl (C=O) groups is 1. The summed E-state index contributed by atoms with van der Waals surface area (Å²) in [6.07, 6.45) is 0. The number of nitrogens with zero attached hydrogens (tertiary/aromatic N) is 3. The molecule has 1 aliphatic rings. The first-order valence-corrected chi connectivity index (χ1v) is 11.6. The molecule has 0 saturated carbocycles. The number of halogens is 3. The van der Waals surface area contributed by atoms with E-state index in [4.69, 9.17) is 16.3 Å². The first-order chi connectivity index (χ1) is 17.4. The molecule has 1 fully saturated rings. The number of nitrogens with one attached hydrogen (secondary N) is 1. The monoisotopic (exact) mass is 510 g/mol. The van der Waals surface area contributed by atoms with E-state index in [2.05, 4.69) is 20.3 Å². The third-order valence-corrected chi connectivity index (χ3v) is 5.82. The Bertz CT molecular complexity index is 1370. The lowest BCUT2D eigenvalue weighted by molar-refractivity contribution is -0.0964. The number of ether oxygens (including phenoxy) is 2. The van der Waals surface area contributed by atoms with Crippen molar-refractivity contribution in [2.24, 2.45) is 0 Å². The molecule has 5 rings (SSSR count). The van der Waals surface area contributed by atoms with Gasteiger partial charge in [0.1, 0.15) is 11.4 Å². The maximum Gasteiger partial charge on any atom is 0.487 e. The maximum atomic E-state index is 12.8. The standard InChI is InChI=1S/C26H21ClF2N4O3/c27-26(28,29)36-20-11-9-19(10-12-20)30-24-22-4-2-1-3-21(22)23(31-32-24)17-5-7-18(8-6-17)25(34)33-13-15-35-16-14-33/h1-12H,13-16H2,(H,30,32). The molecule has 1 amide bonds. The molecule has 0 spiro atoms. The van der Waals surface area contributed by atoms with Crippen molar-refractivity contribution in [3.8, 4) is 17.0 Å². The third kappa shape index (κ3) is 5.37. The van der Waals surface area contributed by atoms with E-state index in [9.17, 15) is 13.6 Å². The van der Waals surface area contributed by atoms with Crippen molar-refractivity contribution < 1.29 is 23.0 Å². The Kier molecular flexibility index (Phi) is 6.67. The minimum atomic E-state index is -3.78. The van der Waals surface area contributed by atoms with E-state index in [0.717, 1.165) is 16.3 Å². The molecule has 0 unspecified atom stereocenters. The predicted octanol–water partition coefficient (Wildman–Crippen LogP) is 5.68. The van der Waals surface area contributed by atoms with Crippen LogP contribution in [0.1, 0.15) is 10.4 Å². The van der Waals surface area contributed by atoms with Crippen molar-refractivity contribution in [1.82, 2.24) is 15.1 Å². The summed E-state index contributed by atoms with van der Waals surface area (Å²) in [6, 6.07) is 20.9. The first-order valence-electron chi connectivity index (χ1n) is 11.2. The molecular formula is C26H21ClF2N4O3. The molecule has 0 atom stereocenters. The van der Waals surface area contributed by atoms with Gasteiger partial charge in [0.25, 0.3) is 5.91 Å². The van der Waals surface area contributed by atoms with Gasteiger partial charge < -0.3 is 19.7 Å². The number of hydrogen-bond donors (Lipinski definition) is 1. The van der Waals surface area contributed by atoms with E-state index < -0.39 is 5.57 Å². The van der Waals surface area contributed by atoms with E-state index >= 15 is 0 Å². The van der Waals surface area contributed by atoms with Gasteiger partial charge >= 0.3 is 5.57 Å². The Hall–Kier alpha value is -3.82. The predicted molar refractivity (Wildman–Crippen MR) is 133 cm³/mol. The number of aromatic nitrogens is 2. The van der Waals surface area contributed by atoms with Crippen LogP contribution in [0.25, 0.3) is 22.0 Å². The summed E-state index contributed by atoms with van der Waals surface area (Å²) in [6.45, 7) is 2.26. The average molecular weight is 511 g/mol. The first kappa shape index (κ1) is 23.9. The van der Waals surface area contributed by atoms with Gasteiger partial charge in [0, 0.05) is 52.3 Å². The minimum Gasteiger partial charge on any atom is -0.420 e. The van der Waals surface area contributed by atoms with Crippen molar-refractivity contribution in [3.05, 3.63) is 78.4 Å². The summed E-state index contributed by atoms with van der Waals surface area (Å²) in [5.41, 5.74) is -1.06. The summed E-state index contributed by atoms with van der Waals surface area (Å²) in [5, 5.41) is 13.7. The molecule has 184 valence electrons. The highest BCUT2D eigenvalue weighted by atomic mass is 35.5. The molecule has 7 nitrogen and oxygen atoms in total. The van der Waals surface area contributed by atoms with Crippen molar-refractivity contribution in [2.45, 2.75) is 5.57 Å². The molecule has 1 N–H and O–H groups in total. The fourth-order valence-corrected chi connectivity index (χ4v) is 4.09. The average Bonchev–Trinajstić information content (AvgIpc) is 2.89. The number of benzene rings is 3. The Labute approximate surface area is 210 Å². The van der Waals surface area contributed by atoms with E-state index in [1.165, 1.54) is 12.1 Å². The van der Waals surface area contributed by atoms with E-state index in [1.807, 2.05) is 36.4 Å². The highest BCUT2D eigenvalue weighted by molar-refractivity contribution is 6.20. The fourth-order valence-electron chi connectivity index (χ4n) is 4.01. The second kappa shape index (κ2) is 10.0. The molecule has 2 heterocycles. The number of fused-ring (bicyclic) bond motifs is 1. The highest BCUT2D eigenvalue weighted by Gasteiger charge is 2.27. The number of alkyl halides is 3. The summed E-state index contributed by atoms with van der Waals surface area (Å²) in [5.74, 6) is 0.415. The highest BCUT2D eigenvalue weighted by Crippen LogP contribution is 2.32. The zero-order valence-electron chi connectivity index (χ0n) is 19.0. The van der Waals surface area contributed by atoms with Gasteiger partial charge in [-0.3, -0.25) is 4.79 Å². The molecule has 1 aromatic heterocycles. The number of morpholine rings is 1. The van der Waals surface area contributed by atoms with Gasteiger partial charge in [0.05, 0.1) is 13.2 Å². The number of amides is 1. The summed E-state index contributed by atoms with van der Waals surface area (Å²) in [7, 11) is 0. The molecule has 0 aliphatic carbocycles. The summed E-state index contributed by atoms with van der Waals surface area (Å²) >= 11 is 4.81. The van der Waals surface area contributed by atoms with Crippen LogP contribution in [0.3, 0.4) is 0 Å². The second-order valence-corrected chi connectivity index (χ2v) is 8.56. The van der Waals surface area contributed by atoms with Crippen LogP contribution in [0.2, 0.25) is 0 Å². The van der Waals surface area contributed by atoms with E-state index in [-0.39, 0.29) is 11.7 Å². The SMILES string of the molecule is O=C(c1ccc(-c2nnc(Nc3ccc(OC(F)(F)Cl)cc3)c3ccccc23)cc1)N1CCOCC1. The lowest BCUT2D eigenvalue weighted by Crippen LogP contribution is -2.40. The topological polar surface area (TPSA) is 76.6 Å². The Balaban J connectivity index is 1.39. The van der Waals surface area contributed by atoms with Crippen LogP contribution < -0.4 is 10.1 Å². The van der Waals surface area contributed by atoms with Gasteiger partial charge in [0.2, 0.25) is 0 Å². The van der Waals surface area contributed by atoms with Gasteiger partial charge in [-0.15, -0.1) is 19.0 Å². The molecule has 10 heteroatoms. The van der Waals surface area contributed by atoms with Gasteiger partial charge in [-0.2, -0.15) is 0 Å². The lowest BCUT2D eigenvalue weighted by atomic mass is 10.0. The van der Waals surface area contributed by atoms with Crippen molar-refractivity contribution in [2.75, 3.05) is 31.6 Å². The molecule has 1 aliphatic heterocycles. The smallest absolute Gasteiger partial charge is 0.420 e. The van der Waals surface area contributed by atoms with E-state index in [0.29, 0.717) is 49.1 Å². The number of hydrogen-bond acceptors (Lipinski definition) is 6. The molecule has 0 bridgehead atoms. The van der Waals surface area contributed by atoms with Crippen LogP contribution in [0.15, 0.2) is 72.8 Å². The molecule has 36 heavy (non-hydrogen) atoms. The zero-order valence-corrected chi connectivity index (χ0v) is 19.7. The maximum absolute atomic E-state index is 12.8. The Morgan fingerprint density at radius 3 is 2.28 bits per heavy atom. The van der Waals surface area contributed by atoms with Crippen molar-refractivity contribution in [1.29, 1.82) is 0 Å². The lowest BCUT2D eigenvalue weighted by Gasteiger charge is -2.26. The van der Waals surface area contributed by atoms with E-state index in [1.54, 1.807) is 29.2 Å². The van der Waals surface area contributed by atoms with Crippen LogP contribution in [0.4, 0.5) is 20.3 Å². The molecular weight excluding hydrogens is 490 g/mol. The van der Waals surface area contributed by atoms with Crippen LogP contribution in [0.5, 0.6) is 5.75 Å². The minimum absolute atomic E-state index is 0.0217. The molecule has 4 aromatic rings. The molecule has 0 radical (unpaired) electrons. The van der Waals surface area contributed by atoms with Gasteiger partial charge in [0.15, 0.2) is 5.82 Å². The fraction of sp³-hybridized carbons (Fsp3) is 0.192. The quantitative estimate of drug-likeness (QED) is 0.336. The van der Waals surface area contributed by atoms with Crippen molar-refractivity contribution >= 4 is 39.8 Å². The number of rotatable bonds is 6. The van der Waals surface area contributed by atoms with Crippen molar-refractivity contribution in [3.63, 3.8) is 0 Å². The normalized spacial score (nSPS) is 14.0. The molecule has 1 saturated heterocycles. The van der Waals surface area contributed by atoms with Gasteiger partial charge in [-0.1, -0.05) is 36.4 Å². The Morgan fingerprint density at radius 2 is 1.61 bits per heavy atom. The largest absolute Gasteiger partial charge is 0.487 e. The summed E-state index contributed by atoms with van der Waals surface area (Å²) < 4.78 is 35.3. The number of anilines is 2.